The number of nitrogens with zero attached hydrogens (tertiary/aromatic N) is 2. The average Bonchev–Trinajstić information content (AvgIpc) is 3.88. The topological polar surface area (TPSA) is 313 Å². The summed E-state index contributed by atoms with van der Waals surface area (Å²) in [4.78, 5) is 34.8. The van der Waals surface area contributed by atoms with E-state index in [2.05, 4.69) is 10.6 Å². The zero-order chi connectivity index (χ0) is 43.2. The molecule has 2 aromatic carbocycles. The Kier molecular flexibility index (Phi) is 12.8. The maximum absolute atomic E-state index is 13.4. The minimum atomic E-state index is -1.63. The number of aliphatic hydroxyl groups excluding tert-OH is 6. The number of urea groups is 1. The lowest BCUT2D eigenvalue weighted by atomic mass is 9.66. The number of ether oxygens (including phenoxy) is 10. The maximum Gasteiger partial charge on any atom is 0.340 e. The maximum atomic E-state index is 13.4. The Morgan fingerprint density at radius 1 is 0.900 bits per heavy atom. The lowest BCUT2D eigenvalue weighted by Gasteiger charge is -2.47. The quantitative estimate of drug-likeness (QED) is 0.0847. The lowest BCUT2D eigenvalue weighted by Crippen LogP contribution is -2.64. The van der Waals surface area contributed by atoms with Crippen LogP contribution in [0.1, 0.15) is 35.6 Å². The van der Waals surface area contributed by atoms with Gasteiger partial charge < -0.3 is 88.4 Å². The van der Waals surface area contributed by atoms with Crippen molar-refractivity contribution in [2.75, 3.05) is 47.9 Å². The van der Waals surface area contributed by atoms with Gasteiger partial charge in [0.25, 0.3) is 0 Å². The molecule has 23 nitrogen and oxygen atoms in total. The molecule has 0 saturated carbocycles. The number of aromatic hydroxyl groups is 1. The summed E-state index contributed by atoms with van der Waals surface area (Å²) in [6.45, 7) is 1.32. The van der Waals surface area contributed by atoms with E-state index in [4.69, 9.17) is 52.5 Å². The smallest absolute Gasteiger partial charge is 0.340 e. The Balaban J connectivity index is 0.000000255. The summed E-state index contributed by atoms with van der Waals surface area (Å²) >= 11 is 0. The molecule has 1 aliphatic carbocycles. The molecule has 60 heavy (non-hydrogen) atoms. The van der Waals surface area contributed by atoms with Gasteiger partial charge in [-0.1, -0.05) is 0 Å². The molecule has 8 rings (SSSR count). The third-order valence-corrected chi connectivity index (χ3v) is 11.4. The van der Waals surface area contributed by atoms with Crippen LogP contribution >= 0.6 is 0 Å². The van der Waals surface area contributed by atoms with Crippen LogP contribution in [0.4, 0.5) is 4.79 Å². The summed E-state index contributed by atoms with van der Waals surface area (Å²) in [5.41, 5.74) is 2.01. The SMILES string of the molecule is CN(N=O)C(=O)N[C@@H]1[C@@H](O)[C@H](O)[C@@H](CO)O[C@@H]1O.COc1cc([C@@H]2c3cc4c(cc3[C@@H](O[C@@H]3O[C@@H]5CO[C@@H](C)O[C@H]5[C@H](O)[C@H]3O)[C@H]3COC(=O)[C@H]23)OCO4)cc(OC)c1O. The van der Waals surface area contributed by atoms with E-state index < -0.39 is 110 Å². The number of methoxy groups -OCH3 is 2. The van der Waals surface area contributed by atoms with Crippen LogP contribution in [0.2, 0.25) is 0 Å². The molecule has 0 spiro atoms. The van der Waals surface area contributed by atoms with Crippen LogP contribution in [0.3, 0.4) is 0 Å². The van der Waals surface area contributed by atoms with E-state index in [-0.39, 0.29) is 37.3 Å². The summed E-state index contributed by atoms with van der Waals surface area (Å²) in [5.74, 6) is -1.02. The summed E-state index contributed by atoms with van der Waals surface area (Å²) in [7, 11) is 3.93. The number of phenols is 1. The second-order valence-electron chi connectivity index (χ2n) is 14.8. The molecular formula is C37H47N3O20. The van der Waals surface area contributed by atoms with Crippen LogP contribution in [-0.4, -0.2) is 168 Å². The number of hydrogen-bond donors (Lipinski definition) is 8. The normalized spacial score (nSPS) is 36.3. The highest BCUT2D eigenvalue weighted by atomic mass is 16.8. The van der Waals surface area contributed by atoms with E-state index in [1.54, 1.807) is 31.2 Å². The van der Waals surface area contributed by atoms with Crippen molar-refractivity contribution < 1.29 is 92.7 Å². The number of benzene rings is 2. The molecule has 2 amide bonds. The third-order valence-electron chi connectivity index (χ3n) is 11.4. The Morgan fingerprint density at radius 3 is 2.20 bits per heavy atom. The highest BCUT2D eigenvalue weighted by Gasteiger charge is 2.56. The number of aliphatic hydroxyl groups is 6. The van der Waals surface area contributed by atoms with Crippen LogP contribution in [0, 0.1) is 16.7 Å². The molecule has 0 aromatic heterocycles. The molecule has 5 heterocycles. The van der Waals surface area contributed by atoms with Crippen molar-refractivity contribution in [2.45, 2.75) is 86.6 Å². The van der Waals surface area contributed by atoms with E-state index in [9.17, 15) is 45.1 Å². The van der Waals surface area contributed by atoms with Crippen molar-refractivity contribution in [3.8, 4) is 28.7 Å². The van der Waals surface area contributed by atoms with E-state index in [0.29, 0.717) is 33.2 Å². The fraction of sp³-hybridized carbons (Fsp3) is 0.622. The molecular weight excluding hydrogens is 806 g/mol. The number of rotatable bonds is 8. The molecule has 2 aromatic rings. The number of amides is 2. The van der Waals surface area contributed by atoms with Gasteiger partial charge in [-0.25, -0.2) is 4.79 Å². The molecule has 0 unspecified atom stereocenters. The van der Waals surface area contributed by atoms with Gasteiger partial charge in [-0.05, 0) is 47.9 Å². The van der Waals surface area contributed by atoms with Gasteiger partial charge >= 0.3 is 12.0 Å². The lowest BCUT2D eigenvalue weighted by molar-refractivity contribution is -0.364. The molecule has 330 valence electrons. The van der Waals surface area contributed by atoms with Gasteiger partial charge in [0, 0.05) is 18.9 Å². The molecule has 4 saturated heterocycles. The summed E-state index contributed by atoms with van der Waals surface area (Å²) in [5, 5.41) is 74.9. The van der Waals surface area contributed by atoms with Gasteiger partial charge in [-0.15, -0.1) is 4.91 Å². The van der Waals surface area contributed by atoms with Crippen LogP contribution in [0.25, 0.3) is 0 Å². The highest BCUT2D eigenvalue weighted by Crippen LogP contribution is 2.57. The van der Waals surface area contributed by atoms with Crippen LogP contribution in [-0.2, 0) is 33.2 Å². The van der Waals surface area contributed by atoms with Crippen molar-refractivity contribution in [3.63, 3.8) is 0 Å². The first kappa shape index (κ1) is 43.4. The number of fused-ring (bicyclic) bond motifs is 4. The summed E-state index contributed by atoms with van der Waals surface area (Å²) in [6, 6.07) is 4.60. The molecule has 0 radical (unpaired) electrons. The minimum Gasteiger partial charge on any atom is -0.502 e. The van der Waals surface area contributed by atoms with E-state index in [1.807, 2.05) is 0 Å². The van der Waals surface area contributed by atoms with Gasteiger partial charge in [0.15, 0.2) is 41.9 Å². The van der Waals surface area contributed by atoms with E-state index in [0.717, 1.165) is 7.05 Å². The van der Waals surface area contributed by atoms with Gasteiger partial charge in [-0.3, -0.25) is 4.79 Å². The first-order chi connectivity index (χ1) is 28.7. The number of phenolic OH excluding ortho intramolecular Hbond substituents is 1. The van der Waals surface area contributed by atoms with Crippen molar-refractivity contribution in [1.29, 1.82) is 0 Å². The number of nitroso groups, excluding NO2 is 1. The minimum absolute atomic E-state index is 0.0301. The van der Waals surface area contributed by atoms with Crippen LogP contribution in [0.5, 0.6) is 28.7 Å². The first-order valence-corrected chi connectivity index (χ1v) is 18.9. The van der Waals surface area contributed by atoms with E-state index >= 15 is 0 Å². The number of cyclic esters (lactones) is 1. The fourth-order valence-corrected chi connectivity index (χ4v) is 8.26. The van der Waals surface area contributed by atoms with Crippen molar-refractivity contribution in [1.82, 2.24) is 10.3 Å². The number of esters is 1. The number of nitrogens with one attached hydrogen (secondary N) is 1. The first-order valence-electron chi connectivity index (χ1n) is 18.9. The zero-order valence-corrected chi connectivity index (χ0v) is 32.6. The Morgan fingerprint density at radius 2 is 1.57 bits per heavy atom. The van der Waals surface area contributed by atoms with Crippen molar-refractivity contribution in [2.24, 2.45) is 17.1 Å². The summed E-state index contributed by atoms with van der Waals surface area (Å²) < 4.78 is 56.3. The van der Waals surface area contributed by atoms with Gasteiger partial charge in [0.05, 0.1) is 51.3 Å². The largest absolute Gasteiger partial charge is 0.502 e. The molecule has 6 aliphatic rings. The molecule has 4 fully saturated rings. The van der Waals surface area contributed by atoms with Crippen LogP contribution < -0.4 is 24.3 Å². The van der Waals surface area contributed by atoms with Gasteiger partial charge in [0.2, 0.25) is 12.5 Å². The van der Waals surface area contributed by atoms with Crippen molar-refractivity contribution >= 4 is 12.0 Å². The standard InChI is InChI=1S/C29H32O13.C8H15N3O7/c1-11-36-9-20-27(40-11)24(31)25(32)29(41-20)42-26-14-7-17-16(38-10-39-17)6-13(14)21(22-15(26)8-37-28(22)33)12-4-18(34-2)23(30)19(5-12)35-3;1-11(10-17)8(16)9-4-6(14)5(13)3(2-12)18-7(4)15/h4-7,11,15,20-22,24-27,29-32H,8-10H2,1-3H3;3-7,12-15H,2H2,1H3,(H,9,16)/t11-,15+,20-,21-,22+,24-,25-,26-,27-,29+;3-,4-,5-,6-,7+/m11/s1. The Bertz CT molecular complexity index is 1880. The number of carbonyl (C=O) groups excluding carboxylic acids is 2. The predicted octanol–water partition coefficient (Wildman–Crippen LogP) is -1.55. The zero-order valence-electron chi connectivity index (χ0n) is 32.6. The number of hydrogen-bond acceptors (Lipinski definition) is 21. The van der Waals surface area contributed by atoms with Gasteiger partial charge in [-0.2, -0.15) is 5.01 Å². The fourth-order valence-electron chi connectivity index (χ4n) is 8.26. The average molecular weight is 854 g/mol. The van der Waals surface area contributed by atoms with Gasteiger partial charge in [0.1, 0.15) is 48.8 Å². The second kappa shape index (κ2) is 17.7. The van der Waals surface area contributed by atoms with Crippen LogP contribution in [0.15, 0.2) is 29.6 Å². The Hall–Kier alpha value is -4.66. The molecule has 5 aliphatic heterocycles. The highest BCUT2D eigenvalue weighted by molar-refractivity contribution is 5.79. The molecule has 0 bridgehead atoms. The second-order valence-corrected chi connectivity index (χ2v) is 14.8. The third kappa shape index (κ3) is 7.98. The van der Waals surface area contributed by atoms with E-state index in [1.165, 1.54) is 14.2 Å². The molecule has 23 heteroatoms. The predicted molar refractivity (Wildman–Crippen MR) is 194 cm³/mol. The summed E-state index contributed by atoms with van der Waals surface area (Å²) in [6.07, 6.45) is -12.6. The molecule has 8 N–H and O–H groups in total. The number of carbonyl (C=O) groups is 2. The van der Waals surface area contributed by atoms with Crippen molar-refractivity contribution in [3.05, 3.63) is 45.9 Å². The monoisotopic (exact) mass is 853 g/mol. The molecule has 15 atom stereocenters. The Labute approximate surface area is 341 Å².